The number of carbonyl (C=O) groups excluding carboxylic acids is 1. The van der Waals surface area contributed by atoms with Crippen molar-refractivity contribution in [2.75, 3.05) is 13.1 Å². The lowest BCUT2D eigenvalue weighted by Crippen LogP contribution is -2.29. The Morgan fingerprint density at radius 3 is 2.57 bits per heavy atom. The van der Waals surface area contributed by atoms with Crippen LogP contribution in [0.25, 0.3) is 27.6 Å². The van der Waals surface area contributed by atoms with E-state index >= 15 is 0 Å². The molecule has 1 saturated heterocycles. The first kappa shape index (κ1) is 19.1. The van der Waals surface area contributed by atoms with Crippen LogP contribution in [0.3, 0.4) is 0 Å². The zero-order valence-corrected chi connectivity index (χ0v) is 16.4. The molecule has 0 bridgehead atoms. The van der Waals surface area contributed by atoms with Crippen molar-refractivity contribution in [2.24, 2.45) is 0 Å². The zero-order chi connectivity index (χ0) is 21.0. The third-order valence-corrected chi connectivity index (χ3v) is 6.06. The number of rotatable bonds is 2. The molecule has 4 aromatic rings. The van der Waals surface area contributed by atoms with Crippen molar-refractivity contribution in [1.82, 2.24) is 13.8 Å². The van der Waals surface area contributed by atoms with Crippen LogP contribution in [-0.2, 0) is 6.18 Å². The Hall–Kier alpha value is -2.91. The van der Waals surface area contributed by atoms with Crippen molar-refractivity contribution in [1.29, 1.82) is 0 Å². The number of aliphatic hydroxyl groups excluding tert-OH is 1. The Labute approximate surface area is 173 Å². The maximum absolute atomic E-state index is 12.9. The number of likely N-dealkylation sites (tertiary alicyclic amines) is 1. The standard InChI is InChI=1S/C21H16F3N3O2S/c22-21(23,24)13-2-4-14(5-3-13)27-18-6-1-12(20(29)26-8-7-15(28)10-26)9-16(18)17-11-30-25-19(17)27/h1-6,9,11,15,28H,7-8,10H2/t15-/m0/s1. The number of halogens is 3. The molecule has 1 aliphatic rings. The Bertz CT molecular complexity index is 1260. The van der Waals surface area contributed by atoms with Gasteiger partial charge in [-0.15, -0.1) is 0 Å². The number of hydrogen-bond donors (Lipinski definition) is 1. The summed E-state index contributed by atoms with van der Waals surface area (Å²) in [5, 5.41) is 13.2. The molecule has 154 valence electrons. The van der Waals surface area contributed by atoms with Gasteiger partial charge in [0, 0.05) is 40.5 Å². The van der Waals surface area contributed by atoms with Gasteiger partial charge < -0.3 is 10.0 Å². The van der Waals surface area contributed by atoms with Crippen LogP contribution < -0.4 is 0 Å². The van der Waals surface area contributed by atoms with Gasteiger partial charge in [0.05, 0.1) is 17.2 Å². The van der Waals surface area contributed by atoms with E-state index in [9.17, 15) is 23.1 Å². The molecule has 5 rings (SSSR count). The normalized spacial score (nSPS) is 17.3. The van der Waals surface area contributed by atoms with E-state index in [0.29, 0.717) is 36.4 Å². The summed E-state index contributed by atoms with van der Waals surface area (Å²) in [5.74, 6) is -0.146. The molecule has 1 atom stereocenters. The van der Waals surface area contributed by atoms with Crippen molar-refractivity contribution in [3.05, 3.63) is 59.0 Å². The highest BCUT2D eigenvalue weighted by Gasteiger charge is 2.30. The summed E-state index contributed by atoms with van der Waals surface area (Å²) < 4.78 is 45.0. The second-order valence-corrected chi connectivity index (χ2v) is 7.99. The lowest BCUT2D eigenvalue weighted by molar-refractivity contribution is -0.137. The molecule has 3 heterocycles. The van der Waals surface area contributed by atoms with E-state index in [1.165, 1.54) is 23.7 Å². The smallest absolute Gasteiger partial charge is 0.391 e. The van der Waals surface area contributed by atoms with Crippen molar-refractivity contribution in [3.8, 4) is 5.69 Å². The second kappa shape index (κ2) is 6.82. The molecule has 5 nitrogen and oxygen atoms in total. The van der Waals surface area contributed by atoms with E-state index < -0.39 is 17.8 Å². The number of aromatic nitrogens is 2. The fourth-order valence-electron chi connectivity index (χ4n) is 3.94. The fraction of sp³-hybridized carbons (Fsp3) is 0.238. The molecule has 1 amide bonds. The number of alkyl halides is 3. The molecule has 0 aliphatic carbocycles. The van der Waals surface area contributed by atoms with E-state index in [1.807, 2.05) is 5.38 Å². The molecular formula is C21H16F3N3O2S. The summed E-state index contributed by atoms with van der Waals surface area (Å²) in [6, 6.07) is 10.2. The SMILES string of the molecule is O=C(c1ccc2c(c1)c1csnc1n2-c1ccc(C(F)(F)F)cc1)N1CC[C@H](O)C1. The second-order valence-electron chi connectivity index (χ2n) is 7.36. The summed E-state index contributed by atoms with van der Waals surface area (Å²) in [6.45, 7) is 0.832. The number of fused-ring (bicyclic) bond motifs is 3. The highest BCUT2D eigenvalue weighted by atomic mass is 32.1. The van der Waals surface area contributed by atoms with Gasteiger partial charge in [0.2, 0.25) is 0 Å². The first-order chi connectivity index (χ1) is 14.3. The van der Waals surface area contributed by atoms with Crippen LogP contribution in [0.1, 0.15) is 22.3 Å². The van der Waals surface area contributed by atoms with Crippen LogP contribution in [0.4, 0.5) is 13.2 Å². The van der Waals surface area contributed by atoms with Gasteiger partial charge in [-0.25, -0.2) is 0 Å². The lowest BCUT2D eigenvalue weighted by atomic mass is 10.1. The van der Waals surface area contributed by atoms with E-state index in [1.54, 1.807) is 27.7 Å². The average Bonchev–Trinajstić information content (AvgIpc) is 3.42. The minimum Gasteiger partial charge on any atom is -0.391 e. The van der Waals surface area contributed by atoms with Gasteiger partial charge in [-0.1, -0.05) is 0 Å². The van der Waals surface area contributed by atoms with E-state index in [-0.39, 0.29) is 5.91 Å². The maximum atomic E-state index is 12.9. The van der Waals surface area contributed by atoms with Gasteiger partial charge >= 0.3 is 6.18 Å². The third kappa shape index (κ3) is 3.05. The molecule has 2 aromatic carbocycles. The molecule has 0 spiro atoms. The maximum Gasteiger partial charge on any atom is 0.416 e. The van der Waals surface area contributed by atoms with E-state index in [0.717, 1.165) is 28.4 Å². The van der Waals surface area contributed by atoms with Crippen molar-refractivity contribution in [2.45, 2.75) is 18.7 Å². The van der Waals surface area contributed by atoms with Gasteiger partial charge in [0.1, 0.15) is 0 Å². The lowest BCUT2D eigenvalue weighted by Gasteiger charge is -2.15. The molecule has 1 fully saturated rings. The summed E-state index contributed by atoms with van der Waals surface area (Å²) in [6.07, 6.45) is -4.32. The van der Waals surface area contributed by atoms with E-state index in [4.69, 9.17) is 0 Å². The topological polar surface area (TPSA) is 58.4 Å². The number of amides is 1. The van der Waals surface area contributed by atoms with Gasteiger partial charge in [-0.3, -0.25) is 9.36 Å². The Morgan fingerprint density at radius 1 is 1.13 bits per heavy atom. The van der Waals surface area contributed by atoms with Gasteiger partial charge in [0.15, 0.2) is 5.65 Å². The first-order valence-electron chi connectivity index (χ1n) is 9.36. The summed E-state index contributed by atoms with van der Waals surface area (Å²) in [7, 11) is 0. The number of aliphatic hydroxyl groups is 1. The quantitative estimate of drug-likeness (QED) is 0.510. The van der Waals surface area contributed by atoms with Gasteiger partial charge in [0.25, 0.3) is 5.91 Å². The minimum atomic E-state index is -4.40. The molecule has 2 aromatic heterocycles. The number of hydrogen-bond acceptors (Lipinski definition) is 4. The van der Waals surface area contributed by atoms with Crippen molar-refractivity contribution in [3.63, 3.8) is 0 Å². The predicted molar refractivity (Wildman–Crippen MR) is 108 cm³/mol. The van der Waals surface area contributed by atoms with Crippen LogP contribution in [0.5, 0.6) is 0 Å². The number of benzene rings is 2. The molecule has 0 saturated carbocycles. The fourth-order valence-corrected chi connectivity index (χ4v) is 4.61. The largest absolute Gasteiger partial charge is 0.416 e. The van der Waals surface area contributed by atoms with Gasteiger partial charge in [-0.05, 0) is 60.4 Å². The molecule has 0 unspecified atom stereocenters. The summed E-state index contributed by atoms with van der Waals surface area (Å²) >= 11 is 1.25. The summed E-state index contributed by atoms with van der Waals surface area (Å²) in [5.41, 5.74) is 1.76. The van der Waals surface area contributed by atoms with Gasteiger partial charge in [-0.2, -0.15) is 17.5 Å². The van der Waals surface area contributed by atoms with Crippen LogP contribution in [0, 0.1) is 0 Å². The van der Waals surface area contributed by atoms with Crippen LogP contribution in [0.2, 0.25) is 0 Å². The monoisotopic (exact) mass is 431 g/mol. The Balaban J connectivity index is 1.61. The first-order valence-corrected chi connectivity index (χ1v) is 10.2. The number of carbonyl (C=O) groups is 1. The molecular weight excluding hydrogens is 415 g/mol. The molecule has 1 N–H and O–H groups in total. The van der Waals surface area contributed by atoms with Crippen LogP contribution >= 0.6 is 11.5 Å². The average molecular weight is 431 g/mol. The highest BCUT2D eigenvalue weighted by Crippen LogP contribution is 2.35. The third-order valence-electron chi connectivity index (χ3n) is 5.44. The van der Waals surface area contributed by atoms with Crippen LogP contribution in [0.15, 0.2) is 47.8 Å². The molecule has 1 aliphatic heterocycles. The zero-order valence-electron chi connectivity index (χ0n) is 15.6. The van der Waals surface area contributed by atoms with E-state index in [2.05, 4.69) is 4.37 Å². The van der Waals surface area contributed by atoms with Crippen molar-refractivity contribution >= 4 is 39.4 Å². The minimum absolute atomic E-state index is 0.146. The number of β-amino-alcohol motifs (C(OH)–C–C–N with tert-alkyl or cyclic N) is 1. The molecule has 9 heteroatoms. The van der Waals surface area contributed by atoms with Crippen molar-refractivity contribution < 1.29 is 23.1 Å². The van der Waals surface area contributed by atoms with Crippen LogP contribution in [-0.4, -0.2) is 44.0 Å². The molecule has 0 radical (unpaired) electrons. The number of nitrogens with zero attached hydrogens (tertiary/aromatic N) is 3. The summed E-state index contributed by atoms with van der Waals surface area (Å²) in [4.78, 5) is 14.4. The highest BCUT2D eigenvalue weighted by molar-refractivity contribution is 7.05. The predicted octanol–water partition coefficient (Wildman–Crippen LogP) is 4.47. The Kier molecular flexibility index (Phi) is 4.33. The molecule has 30 heavy (non-hydrogen) atoms. The Morgan fingerprint density at radius 2 is 1.90 bits per heavy atom.